The number of nitrogens with zero attached hydrogens (tertiary/aromatic N) is 1. The molecule has 1 atom stereocenters. The van der Waals surface area contributed by atoms with Gasteiger partial charge in [0.2, 0.25) is 11.8 Å². The van der Waals surface area contributed by atoms with Crippen LogP contribution in [0.3, 0.4) is 0 Å². The summed E-state index contributed by atoms with van der Waals surface area (Å²) in [4.78, 5) is 39.2. The van der Waals surface area contributed by atoms with E-state index in [2.05, 4.69) is 16.0 Å². The highest BCUT2D eigenvalue weighted by Gasteiger charge is 2.29. The molecule has 0 fully saturated rings. The Kier molecular flexibility index (Phi) is 6.95. The van der Waals surface area contributed by atoms with Crippen molar-refractivity contribution in [1.29, 1.82) is 0 Å². The first kappa shape index (κ1) is 22.3. The maximum Gasteiger partial charge on any atom is 0.251 e. The van der Waals surface area contributed by atoms with E-state index in [4.69, 9.17) is 0 Å². The predicted octanol–water partition coefficient (Wildman–Crippen LogP) is 3.56. The first-order valence-electron chi connectivity index (χ1n) is 10.6. The molecule has 0 aromatic heterocycles. The van der Waals surface area contributed by atoms with Crippen molar-refractivity contribution in [3.63, 3.8) is 0 Å². The topological polar surface area (TPSA) is 90.5 Å². The molecule has 0 spiro atoms. The SMILES string of the molecule is Cc1cc(C(=O)NCC(C)C)ccc1NCC(=O)N1c2ccccc2NC(=O)CC1C. The highest BCUT2D eigenvalue weighted by atomic mass is 16.2. The molecule has 2 aromatic rings. The summed E-state index contributed by atoms with van der Waals surface area (Å²) in [5.41, 5.74) is 3.60. The second-order valence-corrected chi connectivity index (χ2v) is 8.37. The molecule has 0 aliphatic carbocycles. The number of nitrogens with one attached hydrogen (secondary N) is 3. The lowest BCUT2D eigenvalue weighted by atomic mass is 10.1. The van der Waals surface area contributed by atoms with Crippen LogP contribution in [0.25, 0.3) is 0 Å². The molecule has 0 bridgehead atoms. The van der Waals surface area contributed by atoms with Crippen LogP contribution in [-0.4, -0.2) is 36.9 Å². The lowest BCUT2D eigenvalue weighted by Crippen LogP contribution is -2.42. The van der Waals surface area contributed by atoms with Gasteiger partial charge in [0.1, 0.15) is 0 Å². The number of hydrogen-bond donors (Lipinski definition) is 3. The van der Waals surface area contributed by atoms with Gasteiger partial charge in [-0.3, -0.25) is 14.4 Å². The van der Waals surface area contributed by atoms with Gasteiger partial charge in [-0.05, 0) is 55.7 Å². The molecule has 3 N–H and O–H groups in total. The number of fused-ring (bicyclic) bond motifs is 1. The van der Waals surface area contributed by atoms with Crippen LogP contribution in [0, 0.1) is 12.8 Å². The van der Waals surface area contributed by atoms with Crippen LogP contribution in [0.15, 0.2) is 42.5 Å². The number of rotatable bonds is 6. The largest absolute Gasteiger partial charge is 0.376 e. The Morgan fingerprint density at radius 3 is 2.65 bits per heavy atom. The maximum absolute atomic E-state index is 13.1. The van der Waals surface area contributed by atoms with Gasteiger partial charge in [-0.15, -0.1) is 0 Å². The lowest BCUT2D eigenvalue weighted by molar-refractivity contribution is -0.118. The molecule has 2 aromatic carbocycles. The van der Waals surface area contributed by atoms with Crippen molar-refractivity contribution >= 4 is 34.8 Å². The van der Waals surface area contributed by atoms with E-state index in [1.54, 1.807) is 17.0 Å². The van der Waals surface area contributed by atoms with Gasteiger partial charge in [-0.25, -0.2) is 0 Å². The standard InChI is InChI=1S/C24H30N4O3/c1-15(2)13-26-24(31)18-9-10-19(16(3)11-18)25-14-23(30)28-17(4)12-22(29)27-20-7-5-6-8-21(20)28/h5-11,15,17,25H,12-14H2,1-4H3,(H,26,31)(H,27,29). The van der Waals surface area contributed by atoms with Crippen LogP contribution in [-0.2, 0) is 9.59 Å². The third-order valence-corrected chi connectivity index (χ3v) is 5.22. The van der Waals surface area contributed by atoms with Crippen molar-refractivity contribution in [1.82, 2.24) is 5.32 Å². The van der Waals surface area contributed by atoms with Gasteiger partial charge in [0.05, 0.1) is 17.9 Å². The first-order chi connectivity index (χ1) is 14.8. The first-order valence-corrected chi connectivity index (χ1v) is 10.6. The third kappa shape index (κ3) is 5.42. The molecule has 1 aliphatic rings. The molecule has 3 rings (SSSR count). The number of carbonyl (C=O) groups is 3. The van der Waals surface area contributed by atoms with Gasteiger partial charge in [0.15, 0.2) is 0 Å². The van der Waals surface area contributed by atoms with Crippen molar-refractivity contribution in [3.8, 4) is 0 Å². The predicted molar refractivity (Wildman–Crippen MR) is 123 cm³/mol. The second-order valence-electron chi connectivity index (χ2n) is 8.37. The van der Waals surface area contributed by atoms with E-state index in [0.29, 0.717) is 29.4 Å². The number of benzene rings is 2. The molecule has 0 radical (unpaired) electrons. The molecular formula is C24H30N4O3. The summed E-state index contributed by atoms with van der Waals surface area (Å²) >= 11 is 0. The summed E-state index contributed by atoms with van der Waals surface area (Å²) in [5, 5.41) is 8.95. The van der Waals surface area contributed by atoms with Crippen LogP contribution in [0.1, 0.15) is 43.1 Å². The van der Waals surface area contributed by atoms with E-state index in [0.717, 1.165) is 11.3 Å². The van der Waals surface area contributed by atoms with Crippen molar-refractivity contribution in [3.05, 3.63) is 53.6 Å². The Morgan fingerprint density at radius 1 is 1.19 bits per heavy atom. The minimum Gasteiger partial charge on any atom is -0.376 e. The molecule has 0 saturated heterocycles. The molecule has 1 heterocycles. The van der Waals surface area contributed by atoms with E-state index in [-0.39, 0.29) is 36.7 Å². The smallest absolute Gasteiger partial charge is 0.251 e. The minimum absolute atomic E-state index is 0.0760. The van der Waals surface area contributed by atoms with Gasteiger partial charge in [0.25, 0.3) is 5.91 Å². The average Bonchev–Trinajstić information content (AvgIpc) is 2.84. The van der Waals surface area contributed by atoms with Gasteiger partial charge in [-0.1, -0.05) is 26.0 Å². The van der Waals surface area contributed by atoms with Crippen LogP contribution < -0.4 is 20.9 Å². The zero-order valence-electron chi connectivity index (χ0n) is 18.5. The summed E-state index contributed by atoms with van der Waals surface area (Å²) in [5.74, 6) is 0.0422. The maximum atomic E-state index is 13.1. The Balaban J connectivity index is 1.70. The van der Waals surface area contributed by atoms with Gasteiger partial charge in [0, 0.05) is 30.3 Å². The summed E-state index contributed by atoms with van der Waals surface area (Å²) in [7, 11) is 0. The van der Waals surface area contributed by atoms with E-state index in [1.165, 1.54) is 0 Å². The summed E-state index contributed by atoms with van der Waals surface area (Å²) in [6, 6.07) is 12.4. The minimum atomic E-state index is -0.258. The highest BCUT2D eigenvalue weighted by molar-refractivity contribution is 6.05. The van der Waals surface area contributed by atoms with Crippen LogP contribution >= 0.6 is 0 Å². The number of amides is 3. The van der Waals surface area contributed by atoms with Crippen molar-refractivity contribution < 1.29 is 14.4 Å². The fraction of sp³-hybridized carbons (Fsp3) is 0.375. The Hall–Kier alpha value is -3.35. The summed E-state index contributed by atoms with van der Waals surface area (Å²) in [6.07, 6.45) is 0.236. The summed E-state index contributed by atoms with van der Waals surface area (Å²) < 4.78 is 0. The number of aryl methyl sites for hydroxylation is 1. The molecule has 1 unspecified atom stereocenters. The van der Waals surface area contributed by atoms with Crippen molar-refractivity contribution in [2.45, 2.75) is 40.2 Å². The lowest BCUT2D eigenvalue weighted by Gasteiger charge is -2.28. The number of carbonyl (C=O) groups excluding carboxylic acids is 3. The molecule has 0 saturated carbocycles. The van der Waals surface area contributed by atoms with Crippen molar-refractivity contribution in [2.75, 3.05) is 28.6 Å². The number of para-hydroxylation sites is 2. The zero-order valence-corrected chi connectivity index (χ0v) is 18.5. The normalized spacial score (nSPS) is 15.7. The van der Waals surface area contributed by atoms with Crippen LogP contribution in [0.2, 0.25) is 0 Å². The van der Waals surface area contributed by atoms with E-state index >= 15 is 0 Å². The van der Waals surface area contributed by atoms with Crippen molar-refractivity contribution in [2.24, 2.45) is 5.92 Å². The van der Waals surface area contributed by atoms with E-state index < -0.39 is 0 Å². The molecule has 1 aliphatic heterocycles. The quantitative estimate of drug-likeness (QED) is 0.664. The Bertz CT molecular complexity index is 987. The van der Waals surface area contributed by atoms with E-state index in [1.807, 2.05) is 58.0 Å². The Labute approximate surface area is 183 Å². The monoisotopic (exact) mass is 422 g/mol. The van der Waals surface area contributed by atoms with Crippen LogP contribution in [0.4, 0.5) is 17.1 Å². The highest BCUT2D eigenvalue weighted by Crippen LogP contribution is 2.31. The average molecular weight is 423 g/mol. The molecule has 31 heavy (non-hydrogen) atoms. The third-order valence-electron chi connectivity index (χ3n) is 5.22. The number of anilines is 3. The van der Waals surface area contributed by atoms with Gasteiger partial charge in [-0.2, -0.15) is 0 Å². The molecule has 164 valence electrons. The fourth-order valence-corrected chi connectivity index (χ4v) is 3.63. The van der Waals surface area contributed by atoms with Crippen LogP contribution in [0.5, 0.6) is 0 Å². The molecule has 7 nitrogen and oxygen atoms in total. The van der Waals surface area contributed by atoms with Gasteiger partial charge >= 0.3 is 0 Å². The van der Waals surface area contributed by atoms with E-state index in [9.17, 15) is 14.4 Å². The molecule has 3 amide bonds. The second kappa shape index (κ2) is 9.64. The molecule has 7 heteroatoms. The number of hydrogen-bond acceptors (Lipinski definition) is 4. The fourth-order valence-electron chi connectivity index (χ4n) is 3.63. The molecular weight excluding hydrogens is 392 g/mol. The zero-order chi connectivity index (χ0) is 22.5. The van der Waals surface area contributed by atoms with Gasteiger partial charge < -0.3 is 20.9 Å². The Morgan fingerprint density at radius 2 is 1.94 bits per heavy atom. The summed E-state index contributed by atoms with van der Waals surface area (Å²) in [6.45, 7) is 8.57.